The van der Waals surface area contributed by atoms with E-state index in [0.717, 1.165) is 11.3 Å². The number of benzene rings is 2. The van der Waals surface area contributed by atoms with Crippen LogP contribution in [0.1, 0.15) is 21.3 Å². The molecule has 0 aliphatic carbocycles. The molecule has 0 N–H and O–H groups in total. The van der Waals surface area contributed by atoms with Gasteiger partial charge in [0.25, 0.3) is 11.6 Å². The van der Waals surface area contributed by atoms with Crippen molar-refractivity contribution in [3.05, 3.63) is 63.7 Å². The Kier molecular flexibility index (Phi) is 5.32. The molecule has 8 heteroatoms. The Labute approximate surface area is 155 Å². The maximum atomic E-state index is 13.0. The van der Waals surface area contributed by atoms with Crippen LogP contribution in [0.25, 0.3) is 0 Å². The maximum absolute atomic E-state index is 13.0. The highest BCUT2D eigenvalue weighted by molar-refractivity contribution is 7.99. The third kappa shape index (κ3) is 3.45. The largest absolute Gasteiger partial charge is 0.497 e. The summed E-state index contributed by atoms with van der Waals surface area (Å²) in [7, 11) is 3.16. The minimum absolute atomic E-state index is 0.0989. The van der Waals surface area contributed by atoms with E-state index in [1.165, 1.54) is 18.2 Å². The van der Waals surface area contributed by atoms with E-state index in [2.05, 4.69) is 0 Å². The zero-order valence-electron chi connectivity index (χ0n) is 14.4. The number of hydrogen-bond acceptors (Lipinski definition) is 6. The highest BCUT2D eigenvalue weighted by Gasteiger charge is 2.33. The van der Waals surface area contributed by atoms with Gasteiger partial charge in [0.15, 0.2) is 0 Å². The lowest BCUT2D eigenvalue weighted by molar-refractivity contribution is -0.384. The standard InChI is InChI=1S/C18H18N2O5S/c1-24-14-6-7-16(25-2)15(11-14)18-19(8-9-26-18)17(21)12-4-3-5-13(10-12)20(22)23/h3-7,10-11,18H,8-9H2,1-2H3. The van der Waals surface area contributed by atoms with Crippen molar-refractivity contribution in [1.82, 2.24) is 4.90 Å². The highest BCUT2D eigenvalue weighted by Crippen LogP contribution is 2.43. The Morgan fingerprint density at radius 3 is 2.73 bits per heavy atom. The molecule has 2 aromatic carbocycles. The van der Waals surface area contributed by atoms with Gasteiger partial charge >= 0.3 is 0 Å². The lowest BCUT2D eigenvalue weighted by atomic mass is 10.1. The molecule has 0 aromatic heterocycles. The first-order chi connectivity index (χ1) is 12.5. The van der Waals surface area contributed by atoms with Gasteiger partial charge in [0.05, 0.1) is 19.1 Å². The van der Waals surface area contributed by atoms with E-state index < -0.39 is 4.92 Å². The molecule has 1 unspecified atom stereocenters. The summed E-state index contributed by atoms with van der Waals surface area (Å²) < 4.78 is 10.7. The SMILES string of the molecule is COc1ccc(OC)c(C2SCCN2C(=O)c2cccc([N+](=O)[O-])c2)c1. The van der Waals surface area contributed by atoms with Gasteiger partial charge in [-0.05, 0) is 24.3 Å². The highest BCUT2D eigenvalue weighted by atomic mass is 32.2. The number of ether oxygens (including phenoxy) is 2. The Balaban J connectivity index is 1.95. The second kappa shape index (κ2) is 7.65. The van der Waals surface area contributed by atoms with Crippen molar-refractivity contribution in [3.63, 3.8) is 0 Å². The number of thioether (sulfide) groups is 1. The summed E-state index contributed by atoms with van der Waals surface area (Å²) in [4.78, 5) is 25.2. The average Bonchev–Trinajstić information content (AvgIpc) is 3.16. The van der Waals surface area contributed by atoms with E-state index >= 15 is 0 Å². The molecule has 1 aliphatic rings. The van der Waals surface area contributed by atoms with Gasteiger partial charge in [0, 0.05) is 35.6 Å². The van der Waals surface area contributed by atoms with E-state index in [0.29, 0.717) is 23.6 Å². The second-order valence-corrected chi connectivity index (χ2v) is 6.83. The zero-order chi connectivity index (χ0) is 18.7. The minimum atomic E-state index is -0.502. The molecule has 26 heavy (non-hydrogen) atoms. The summed E-state index contributed by atoms with van der Waals surface area (Å²) in [5.74, 6) is 1.87. The third-order valence-corrected chi connectivity index (χ3v) is 5.40. The first kappa shape index (κ1) is 18.1. The second-order valence-electron chi connectivity index (χ2n) is 5.64. The first-order valence-electron chi connectivity index (χ1n) is 7.94. The molecule has 2 aromatic rings. The van der Waals surface area contributed by atoms with Crippen molar-refractivity contribution in [2.24, 2.45) is 0 Å². The van der Waals surface area contributed by atoms with Crippen LogP contribution in [0, 0.1) is 10.1 Å². The molecule has 136 valence electrons. The van der Waals surface area contributed by atoms with Crippen LogP contribution in [0.2, 0.25) is 0 Å². The Morgan fingerprint density at radius 2 is 2.04 bits per heavy atom. The molecule has 0 bridgehead atoms. The molecule has 1 atom stereocenters. The number of nitrogens with zero attached hydrogens (tertiary/aromatic N) is 2. The molecule has 7 nitrogen and oxygen atoms in total. The molecule has 1 heterocycles. The molecule has 1 amide bonds. The topological polar surface area (TPSA) is 81.9 Å². The van der Waals surface area contributed by atoms with Crippen molar-refractivity contribution in [2.45, 2.75) is 5.37 Å². The van der Waals surface area contributed by atoms with Gasteiger partial charge < -0.3 is 14.4 Å². The summed E-state index contributed by atoms with van der Waals surface area (Å²) in [5, 5.41) is 10.7. The fourth-order valence-electron chi connectivity index (χ4n) is 2.89. The fourth-order valence-corrected chi connectivity index (χ4v) is 4.16. The van der Waals surface area contributed by atoms with Gasteiger partial charge in [-0.1, -0.05) is 6.07 Å². The molecule has 1 aliphatic heterocycles. The molecule has 0 spiro atoms. The Morgan fingerprint density at radius 1 is 1.23 bits per heavy atom. The quantitative estimate of drug-likeness (QED) is 0.588. The fraction of sp³-hybridized carbons (Fsp3) is 0.278. The van der Waals surface area contributed by atoms with E-state index in [1.807, 2.05) is 12.1 Å². The summed E-state index contributed by atoms with van der Waals surface area (Å²) in [5.41, 5.74) is 1.04. The van der Waals surface area contributed by atoms with E-state index in [4.69, 9.17) is 9.47 Å². The lowest BCUT2D eigenvalue weighted by Crippen LogP contribution is -2.30. The van der Waals surface area contributed by atoms with Gasteiger partial charge in [-0.25, -0.2) is 0 Å². The molecular formula is C18H18N2O5S. The number of carbonyl (C=O) groups is 1. The van der Waals surface area contributed by atoms with Crippen LogP contribution in [0.3, 0.4) is 0 Å². The monoisotopic (exact) mass is 374 g/mol. The molecule has 0 radical (unpaired) electrons. The van der Waals surface area contributed by atoms with Crippen LogP contribution in [0.15, 0.2) is 42.5 Å². The van der Waals surface area contributed by atoms with E-state index in [1.54, 1.807) is 43.0 Å². The van der Waals surface area contributed by atoms with Gasteiger partial charge in [-0.3, -0.25) is 14.9 Å². The Bertz CT molecular complexity index is 842. The summed E-state index contributed by atoms with van der Waals surface area (Å²) in [6, 6.07) is 11.3. The van der Waals surface area contributed by atoms with E-state index in [-0.39, 0.29) is 17.0 Å². The normalized spacial score (nSPS) is 16.4. The van der Waals surface area contributed by atoms with Crippen LogP contribution in [-0.4, -0.2) is 42.2 Å². The number of hydrogen-bond donors (Lipinski definition) is 0. The zero-order valence-corrected chi connectivity index (χ0v) is 15.2. The number of nitro benzene ring substituents is 1. The summed E-state index contributed by atoms with van der Waals surface area (Å²) in [6.07, 6.45) is 0. The lowest BCUT2D eigenvalue weighted by Gasteiger charge is -2.25. The number of non-ortho nitro benzene ring substituents is 1. The number of rotatable bonds is 5. The molecule has 1 fully saturated rings. The van der Waals surface area contributed by atoms with E-state index in [9.17, 15) is 14.9 Å². The van der Waals surface area contributed by atoms with Crippen LogP contribution in [0.5, 0.6) is 11.5 Å². The Hall–Kier alpha value is -2.74. The predicted molar refractivity (Wildman–Crippen MR) is 98.9 cm³/mol. The number of methoxy groups -OCH3 is 2. The van der Waals surface area contributed by atoms with Gasteiger partial charge in [-0.2, -0.15) is 0 Å². The van der Waals surface area contributed by atoms with Gasteiger partial charge in [0.1, 0.15) is 16.9 Å². The van der Waals surface area contributed by atoms with Crippen molar-refractivity contribution >= 4 is 23.4 Å². The number of carbonyl (C=O) groups excluding carboxylic acids is 1. The van der Waals surface area contributed by atoms with Crippen LogP contribution >= 0.6 is 11.8 Å². The van der Waals surface area contributed by atoms with Crippen molar-refractivity contribution in [2.75, 3.05) is 26.5 Å². The average molecular weight is 374 g/mol. The summed E-state index contributed by atoms with van der Waals surface area (Å²) in [6.45, 7) is 0.553. The molecule has 1 saturated heterocycles. The maximum Gasteiger partial charge on any atom is 0.270 e. The van der Waals surface area contributed by atoms with Crippen molar-refractivity contribution < 1.29 is 19.2 Å². The minimum Gasteiger partial charge on any atom is -0.497 e. The molecule has 3 rings (SSSR count). The first-order valence-corrected chi connectivity index (χ1v) is 8.99. The van der Waals surface area contributed by atoms with Crippen LogP contribution < -0.4 is 9.47 Å². The number of nitro groups is 1. The van der Waals surface area contributed by atoms with Crippen molar-refractivity contribution in [3.8, 4) is 11.5 Å². The third-order valence-electron chi connectivity index (χ3n) is 4.16. The molecular weight excluding hydrogens is 356 g/mol. The summed E-state index contributed by atoms with van der Waals surface area (Å²) >= 11 is 1.62. The number of amides is 1. The van der Waals surface area contributed by atoms with Crippen LogP contribution in [-0.2, 0) is 0 Å². The molecule has 0 saturated carbocycles. The van der Waals surface area contributed by atoms with Gasteiger partial charge in [0.2, 0.25) is 0 Å². The predicted octanol–water partition coefficient (Wildman–Crippen LogP) is 3.50. The van der Waals surface area contributed by atoms with Crippen molar-refractivity contribution in [1.29, 1.82) is 0 Å². The smallest absolute Gasteiger partial charge is 0.270 e. The van der Waals surface area contributed by atoms with Crippen LogP contribution in [0.4, 0.5) is 5.69 Å². The van der Waals surface area contributed by atoms with Gasteiger partial charge in [-0.15, -0.1) is 11.8 Å².